The van der Waals surface area contributed by atoms with Gasteiger partial charge in [-0.3, -0.25) is 14.4 Å². The third-order valence-electron chi connectivity index (χ3n) is 5.81. The fourth-order valence-corrected chi connectivity index (χ4v) is 4.34. The summed E-state index contributed by atoms with van der Waals surface area (Å²) >= 11 is 0. The lowest BCUT2D eigenvalue weighted by Crippen LogP contribution is -2.41. The molecule has 0 radical (unpaired) electrons. The molecule has 150 valence electrons. The van der Waals surface area contributed by atoms with Gasteiger partial charge in [0.05, 0.1) is 11.0 Å². The number of piperidine rings is 1. The molecule has 1 aromatic heterocycles. The highest BCUT2D eigenvalue weighted by Crippen LogP contribution is 2.23. The lowest BCUT2D eigenvalue weighted by atomic mass is 9.93. The van der Waals surface area contributed by atoms with Crippen molar-refractivity contribution in [3.63, 3.8) is 0 Å². The van der Waals surface area contributed by atoms with Crippen molar-refractivity contribution < 1.29 is 14.7 Å². The molecule has 6 heteroatoms. The number of rotatable bonds is 5. The van der Waals surface area contributed by atoms with Gasteiger partial charge in [0.15, 0.2) is 5.43 Å². The number of fused-ring (bicyclic) bond motifs is 2. The molecular formula is C23H24N2O4. The number of nitrogens with zero attached hydrogens (tertiary/aromatic N) is 2. The van der Waals surface area contributed by atoms with Crippen molar-refractivity contribution in [3.8, 4) is 0 Å². The summed E-state index contributed by atoms with van der Waals surface area (Å²) in [6.07, 6.45) is 2.59. The Balaban J connectivity index is 1.65. The molecule has 0 spiro atoms. The minimum absolute atomic E-state index is 0.00369. The van der Waals surface area contributed by atoms with E-state index in [-0.39, 0.29) is 30.2 Å². The van der Waals surface area contributed by atoms with Gasteiger partial charge in [-0.15, -0.1) is 0 Å². The molecular weight excluding hydrogens is 368 g/mol. The Hall–Kier alpha value is -3.15. The van der Waals surface area contributed by atoms with Crippen LogP contribution in [0.3, 0.4) is 0 Å². The topological polar surface area (TPSA) is 79.6 Å². The molecule has 1 atom stereocenters. The molecule has 3 aromatic rings. The van der Waals surface area contributed by atoms with Gasteiger partial charge in [0.25, 0.3) is 0 Å². The van der Waals surface area contributed by atoms with Gasteiger partial charge in [-0.1, -0.05) is 24.3 Å². The van der Waals surface area contributed by atoms with Crippen LogP contribution in [-0.4, -0.2) is 39.5 Å². The molecule has 1 aliphatic rings. The van der Waals surface area contributed by atoms with E-state index in [2.05, 4.69) is 0 Å². The number of benzene rings is 2. The number of amides is 1. The lowest BCUT2D eigenvalue weighted by molar-refractivity contribution is -0.137. The molecule has 0 saturated carbocycles. The second-order valence-electron chi connectivity index (χ2n) is 7.73. The van der Waals surface area contributed by atoms with Gasteiger partial charge in [0, 0.05) is 30.3 Å². The lowest BCUT2D eigenvalue weighted by Gasteiger charge is -2.33. The number of hydrogen-bond donors (Lipinski definition) is 1. The third kappa shape index (κ3) is 3.88. The molecule has 4 rings (SSSR count). The summed E-state index contributed by atoms with van der Waals surface area (Å²) in [7, 11) is 0. The highest BCUT2D eigenvalue weighted by atomic mass is 16.4. The minimum Gasteiger partial charge on any atom is -0.481 e. The summed E-state index contributed by atoms with van der Waals surface area (Å²) < 4.78 is 1.93. The molecule has 1 saturated heterocycles. The van der Waals surface area contributed by atoms with Gasteiger partial charge >= 0.3 is 5.97 Å². The molecule has 1 amide bonds. The van der Waals surface area contributed by atoms with Gasteiger partial charge in [-0.05, 0) is 49.4 Å². The third-order valence-corrected chi connectivity index (χ3v) is 5.81. The normalized spacial score (nSPS) is 17.0. The average Bonchev–Trinajstić information content (AvgIpc) is 2.75. The van der Waals surface area contributed by atoms with E-state index in [4.69, 9.17) is 5.11 Å². The Bertz CT molecular complexity index is 1070. The number of likely N-dealkylation sites (tertiary alicyclic amines) is 1. The highest BCUT2D eigenvalue weighted by molar-refractivity contribution is 5.94. The SMILES string of the molecule is O=C(O)CCC1CCCN(C(=O)Cn2c3ccccc3c(=O)c3ccccc32)C1. The molecule has 1 unspecified atom stereocenters. The number of aromatic nitrogens is 1. The number of aliphatic carboxylic acids is 1. The Kier molecular flexibility index (Phi) is 5.34. The first kappa shape index (κ1) is 19.2. The maximum Gasteiger partial charge on any atom is 0.303 e. The van der Waals surface area contributed by atoms with Crippen molar-refractivity contribution in [2.24, 2.45) is 5.92 Å². The molecule has 0 aliphatic carbocycles. The number of carboxylic acid groups (broad SMARTS) is 1. The van der Waals surface area contributed by atoms with Crippen molar-refractivity contribution in [1.29, 1.82) is 0 Å². The van der Waals surface area contributed by atoms with E-state index in [1.54, 1.807) is 12.1 Å². The van der Waals surface area contributed by atoms with Gasteiger partial charge in [-0.25, -0.2) is 0 Å². The van der Waals surface area contributed by atoms with Gasteiger partial charge in [0.1, 0.15) is 6.54 Å². The molecule has 1 fully saturated rings. The zero-order valence-electron chi connectivity index (χ0n) is 16.2. The van der Waals surface area contributed by atoms with Gasteiger partial charge in [0.2, 0.25) is 5.91 Å². The van der Waals surface area contributed by atoms with Crippen LogP contribution < -0.4 is 5.43 Å². The summed E-state index contributed by atoms with van der Waals surface area (Å²) in [5.74, 6) is -0.560. The quantitative estimate of drug-likeness (QED) is 0.676. The first-order valence-corrected chi connectivity index (χ1v) is 10.0. The molecule has 6 nitrogen and oxygen atoms in total. The molecule has 0 bridgehead atoms. The second-order valence-corrected chi connectivity index (χ2v) is 7.73. The summed E-state index contributed by atoms with van der Waals surface area (Å²) in [5, 5.41) is 10.1. The molecule has 1 N–H and O–H groups in total. The van der Waals surface area contributed by atoms with E-state index in [1.807, 2.05) is 45.9 Å². The van der Waals surface area contributed by atoms with Crippen molar-refractivity contribution in [3.05, 3.63) is 58.8 Å². The number of pyridine rings is 1. The molecule has 1 aliphatic heterocycles. The first-order valence-electron chi connectivity index (χ1n) is 10.0. The standard InChI is InChI=1S/C23H24N2O4/c26-21(24-13-5-6-16(14-24)11-12-22(27)28)15-25-19-9-3-1-7-17(19)23(29)18-8-2-4-10-20(18)25/h1-4,7-10,16H,5-6,11-15H2,(H,27,28). The first-order chi connectivity index (χ1) is 14.0. The Morgan fingerprint density at radius 2 is 1.62 bits per heavy atom. The van der Waals surface area contributed by atoms with Crippen LogP contribution in [0.2, 0.25) is 0 Å². The van der Waals surface area contributed by atoms with Crippen LogP contribution in [0.25, 0.3) is 21.8 Å². The maximum absolute atomic E-state index is 13.1. The van der Waals surface area contributed by atoms with Gasteiger partial charge < -0.3 is 14.6 Å². The molecule has 29 heavy (non-hydrogen) atoms. The zero-order chi connectivity index (χ0) is 20.4. The number of para-hydroxylation sites is 2. The van der Waals surface area contributed by atoms with Crippen molar-refractivity contribution >= 4 is 33.7 Å². The number of carbonyl (C=O) groups is 2. The smallest absolute Gasteiger partial charge is 0.303 e. The second kappa shape index (κ2) is 8.07. The van der Waals surface area contributed by atoms with Crippen molar-refractivity contribution in [2.75, 3.05) is 13.1 Å². The number of carbonyl (C=O) groups excluding carboxylic acids is 1. The Labute approximate surface area is 168 Å². The van der Waals surface area contributed by atoms with Crippen molar-refractivity contribution in [1.82, 2.24) is 9.47 Å². The largest absolute Gasteiger partial charge is 0.481 e. The fourth-order valence-electron chi connectivity index (χ4n) is 4.34. The summed E-state index contributed by atoms with van der Waals surface area (Å²) in [4.78, 5) is 38.7. The fraction of sp³-hybridized carbons (Fsp3) is 0.348. The summed E-state index contributed by atoms with van der Waals surface area (Å²) in [5.41, 5.74) is 1.49. The summed E-state index contributed by atoms with van der Waals surface area (Å²) in [6, 6.07) is 14.8. The monoisotopic (exact) mass is 392 g/mol. The predicted molar refractivity (Wildman–Crippen MR) is 112 cm³/mol. The van der Waals surface area contributed by atoms with Crippen LogP contribution in [0.4, 0.5) is 0 Å². The van der Waals surface area contributed by atoms with Gasteiger partial charge in [-0.2, -0.15) is 0 Å². The van der Waals surface area contributed by atoms with E-state index in [0.29, 0.717) is 30.3 Å². The Morgan fingerprint density at radius 1 is 1.00 bits per heavy atom. The average molecular weight is 392 g/mol. The van der Waals surface area contributed by atoms with Crippen LogP contribution in [-0.2, 0) is 16.1 Å². The van der Waals surface area contributed by atoms with E-state index in [1.165, 1.54) is 0 Å². The maximum atomic E-state index is 13.1. The predicted octanol–water partition coefficient (Wildman–Crippen LogP) is 3.26. The van der Waals surface area contributed by atoms with E-state index in [0.717, 1.165) is 23.9 Å². The van der Waals surface area contributed by atoms with Crippen molar-refractivity contribution in [2.45, 2.75) is 32.2 Å². The minimum atomic E-state index is -0.792. The summed E-state index contributed by atoms with van der Waals surface area (Å²) in [6.45, 7) is 1.45. The zero-order valence-corrected chi connectivity index (χ0v) is 16.2. The highest BCUT2D eigenvalue weighted by Gasteiger charge is 2.25. The molecule has 2 aromatic carbocycles. The van der Waals surface area contributed by atoms with E-state index in [9.17, 15) is 14.4 Å². The Morgan fingerprint density at radius 3 is 2.24 bits per heavy atom. The van der Waals surface area contributed by atoms with E-state index < -0.39 is 5.97 Å². The van der Waals surface area contributed by atoms with Crippen LogP contribution >= 0.6 is 0 Å². The van der Waals surface area contributed by atoms with E-state index >= 15 is 0 Å². The molecule has 2 heterocycles. The van der Waals surface area contributed by atoms with Crippen LogP contribution in [0.5, 0.6) is 0 Å². The van der Waals surface area contributed by atoms with Crippen LogP contribution in [0, 0.1) is 5.92 Å². The van der Waals surface area contributed by atoms with Crippen LogP contribution in [0.15, 0.2) is 53.3 Å². The van der Waals surface area contributed by atoms with Crippen LogP contribution in [0.1, 0.15) is 25.7 Å². The number of hydrogen-bond acceptors (Lipinski definition) is 3. The number of carboxylic acids is 1.